The number of aliphatic hydroxyl groups is 1. The van der Waals surface area contributed by atoms with Crippen molar-refractivity contribution in [2.75, 3.05) is 5.75 Å². The van der Waals surface area contributed by atoms with Crippen LogP contribution >= 0.6 is 27.7 Å². The van der Waals surface area contributed by atoms with Crippen molar-refractivity contribution in [2.45, 2.75) is 30.6 Å². The van der Waals surface area contributed by atoms with E-state index in [2.05, 4.69) is 15.9 Å². The molecule has 1 nitrogen and oxygen atoms in total. The Bertz CT molecular complexity index is 366. The summed E-state index contributed by atoms with van der Waals surface area (Å²) in [5.41, 5.74) is 0.980. The molecule has 16 heavy (non-hydrogen) atoms. The van der Waals surface area contributed by atoms with Gasteiger partial charge in [-0.15, -0.1) is 0 Å². The van der Waals surface area contributed by atoms with Gasteiger partial charge in [-0.25, -0.2) is 4.39 Å². The number of rotatable bonds is 3. The van der Waals surface area contributed by atoms with Crippen LogP contribution in [0.25, 0.3) is 0 Å². The molecule has 2 rings (SSSR count). The van der Waals surface area contributed by atoms with E-state index in [-0.39, 0.29) is 11.9 Å². The smallest absolute Gasteiger partial charge is 0.137 e. The third kappa shape index (κ3) is 2.99. The van der Waals surface area contributed by atoms with Gasteiger partial charge in [0.25, 0.3) is 0 Å². The van der Waals surface area contributed by atoms with Crippen LogP contribution < -0.4 is 0 Å². The van der Waals surface area contributed by atoms with E-state index < -0.39 is 0 Å². The van der Waals surface area contributed by atoms with Crippen molar-refractivity contribution in [3.63, 3.8) is 0 Å². The fourth-order valence-electron chi connectivity index (χ4n) is 1.95. The Hall–Kier alpha value is -0.0600. The molecule has 1 aromatic carbocycles. The fraction of sp³-hybridized carbons (Fsp3) is 0.500. The molecule has 4 heteroatoms. The highest BCUT2D eigenvalue weighted by molar-refractivity contribution is 9.10. The lowest BCUT2D eigenvalue weighted by Crippen LogP contribution is -2.23. The molecule has 1 N–H and O–H groups in total. The van der Waals surface area contributed by atoms with Crippen LogP contribution in [-0.4, -0.2) is 22.2 Å². The van der Waals surface area contributed by atoms with E-state index in [1.807, 2.05) is 11.8 Å². The Morgan fingerprint density at radius 3 is 3.00 bits per heavy atom. The second kappa shape index (κ2) is 5.52. The molecule has 1 aliphatic heterocycles. The molecule has 0 radical (unpaired) electrons. The summed E-state index contributed by atoms with van der Waals surface area (Å²) in [6, 6.07) is 4.93. The summed E-state index contributed by atoms with van der Waals surface area (Å²) in [4.78, 5) is 0. The summed E-state index contributed by atoms with van der Waals surface area (Å²) < 4.78 is 13.5. The SMILES string of the molecule is OC(Cc1ccc(F)c(Br)c1)C1CCCS1. The lowest BCUT2D eigenvalue weighted by molar-refractivity contribution is 0.170. The van der Waals surface area contributed by atoms with E-state index in [0.717, 1.165) is 17.7 Å². The normalized spacial score (nSPS) is 22.3. The summed E-state index contributed by atoms with van der Waals surface area (Å²) in [7, 11) is 0. The molecule has 0 bridgehead atoms. The number of hydrogen-bond donors (Lipinski definition) is 1. The highest BCUT2D eigenvalue weighted by Gasteiger charge is 2.23. The predicted octanol–water partition coefficient (Wildman–Crippen LogP) is 3.39. The molecule has 0 amide bonds. The highest BCUT2D eigenvalue weighted by atomic mass is 79.9. The highest BCUT2D eigenvalue weighted by Crippen LogP contribution is 2.30. The van der Waals surface area contributed by atoms with Gasteiger partial charge in [0.15, 0.2) is 0 Å². The molecule has 1 fully saturated rings. The molecule has 1 saturated heterocycles. The van der Waals surface area contributed by atoms with Crippen LogP contribution in [0.2, 0.25) is 0 Å². The van der Waals surface area contributed by atoms with E-state index in [4.69, 9.17) is 0 Å². The molecule has 0 aliphatic carbocycles. The van der Waals surface area contributed by atoms with Gasteiger partial charge in [0.1, 0.15) is 5.82 Å². The lowest BCUT2D eigenvalue weighted by atomic mass is 10.0. The molecule has 0 spiro atoms. The van der Waals surface area contributed by atoms with Crippen LogP contribution in [0.15, 0.2) is 22.7 Å². The van der Waals surface area contributed by atoms with Crippen LogP contribution in [0.3, 0.4) is 0 Å². The monoisotopic (exact) mass is 304 g/mol. The van der Waals surface area contributed by atoms with Crippen molar-refractivity contribution in [1.29, 1.82) is 0 Å². The largest absolute Gasteiger partial charge is 0.392 e. The first-order valence-corrected chi connectivity index (χ1v) is 7.24. The molecule has 1 aliphatic rings. The molecule has 2 atom stereocenters. The topological polar surface area (TPSA) is 20.2 Å². The first-order valence-electron chi connectivity index (χ1n) is 5.40. The van der Waals surface area contributed by atoms with Gasteiger partial charge < -0.3 is 5.11 Å². The first kappa shape index (κ1) is 12.4. The third-order valence-electron chi connectivity index (χ3n) is 2.82. The maximum Gasteiger partial charge on any atom is 0.137 e. The van der Waals surface area contributed by atoms with Crippen LogP contribution in [0, 0.1) is 5.82 Å². The van der Waals surface area contributed by atoms with Crippen LogP contribution in [0.4, 0.5) is 4.39 Å². The minimum absolute atomic E-state index is 0.256. The Morgan fingerprint density at radius 2 is 2.38 bits per heavy atom. The summed E-state index contributed by atoms with van der Waals surface area (Å²) in [5.74, 6) is 0.892. The average Bonchev–Trinajstić information content (AvgIpc) is 2.77. The number of hydrogen-bond acceptors (Lipinski definition) is 2. The van der Waals surface area contributed by atoms with E-state index >= 15 is 0 Å². The first-order chi connectivity index (χ1) is 7.66. The molecule has 1 aromatic rings. The van der Waals surface area contributed by atoms with Crippen molar-refractivity contribution in [1.82, 2.24) is 0 Å². The third-order valence-corrected chi connectivity index (χ3v) is 4.93. The number of aliphatic hydroxyl groups excluding tert-OH is 1. The van der Waals surface area contributed by atoms with E-state index in [1.54, 1.807) is 12.1 Å². The van der Waals surface area contributed by atoms with E-state index in [9.17, 15) is 9.50 Å². The van der Waals surface area contributed by atoms with Crippen molar-refractivity contribution < 1.29 is 9.50 Å². The Kier molecular flexibility index (Phi) is 4.27. The maximum atomic E-state index is 13.0. The summed E-state index contributed by atoms with van der Waals surface area (Å²) in [5, 5.41) is 10.4. The maximum absolute atomic E-state index is 13.0. The molecule has 2 unspecified atom stereocenters. The number of halogens is 2. The number of thioether (sulfide) groups is 1. The second-order valence-electron chi connectivity index (χ2n) is 4.07. The van der Waals surface area contributed by atoms with Gasteiger partial charge in [-0.05, 0) is 58.6 Å². The zero-order valence-electron chi connectivity index (χ0n) is 8.83. The van der Waals surface area contributed by atoms with Crippen molar-refractivity contribution in [2.24, 2.45) is 0 Å². The van der Waals surface area contributed by atoms with Gasteiger partial charge in [-0.2, -0.15) is 11.8 Å². The summed E-state index contributed by atoms with van der Waals surface area (Å²) in [6.45, 7) is 0. The molecular weight excluding hydrogens is 291 g/mol. The Morgan fingerprint density at radius 1 is 1.56 bits per heavy atom. The standard InChI is InChI=1S/C12H14BrFOS/c13-9-6-8(3-4-10(9)14)7-11(15)12-2-1-5-16-12/h3-4,6,11-12,15H,1-2,5,7H2. The lowest BCUT2D eigenvalue weighted by Gasteiger charge is -2.17. The molecule has 88 valence electrons. The Balaban J connectivity index is 1.99. The van der Waals surface area contributed by atoms with Gasteiger partial charge in [0.05, 0.1) is 10.6 Å². The van der Waals surface area contributed by atoms with Gasteiger partial charge in [0.2, 0.25) is 0 Å². The van der Waals surface area contributed by atoms with E-state index in [1.165, 1.54) is 12.5 Å². The molecular formula is C12H14BrFOS. The van der Waals surface area contributed by atoms with Crippen LogP contribution in [0.1, 0.15) is 18.4 Å². The fourth-order valence-corrected chi connectivity index (χ4v) is 3.66. The summed E-state index contributed by atoms with van der Waals surface area (Å²) >= 11 is 5.00. The minimum atomic E-state index is -0.315. The second-order valence-corrected chi connectivity index (χ2v) is 6.27. The van der Waals surface area contributed by atoms with E-state index in [0.29, 0.717) is 16.1 Å². The van der Waals surface area contributed by atoms with Crippen molar-refractivity contribution >= 4 is 27.7 Å². The van der Waals surface area contributed by atoms with Gasteiger partial charge in [-0.3, -0.25) is 0 Å². The Labute approximate surface area is 108 Å². The summed E-state index contributed by atoms with van der Waals surface area (Å²) in [6.07, 6.45) is 2.58. The van der Waals surface area contributed by atoms with Gasteiger partial charge in [-0.1, -0.05) is 6.07 Å². The van der Waals surface area contributed by atoms with Gasteiger partial charge >= 0.3 is 0 Å². The van der Waals surface area contributed by atoms with Gasteiger partial charge in [0, 0.05) is 5.25 Å². The van der Waals surface area contributed by atoms with Crippen LogP contribution in [0.5, 0.6) is 0 Å². The average molecular weight is 305 g/mol. The zero-order chi connectivity index (χ0) is 11.5. The minimum Gasteiger partial charge on any atom is -0.392 e. The predicted molar refractivity (Wildman–Crippen MR) is 69.3 cm³/mol. The quantitative estimate of drug-likeness (QED) is 0.924. The molecule has 1 heterocycles. The van der Waals surface area contributed by atoms with Crippen molar-refractivity contribution in [3.05, 3.63) is 34.1 Å². The zero-order valence-corrected chi connectivity index (χ0v) is 11.2. The van der Waals surface area contributed by atoms with Crippen LogP contribution in [-0.2, 0) is 6.42 Å². The molecule has 0 aromatic heterocycles. The molecule has 0 saturated carbocycles. The van der Waals surface area contributed by atoms with Crippen molar-refractivity contribution in [3.8, 4) is 0 Å². The number of benzene rings is 1.